The molecule has 0 saturated carbocycles. The first-order valence-electron chi connectivity index (χ1n) is 6.45. The number of nitrogens with zero attached hydrogens (tertiary/aromatic N) is 2. The molecule has 0 aromatic heterocycles. The van der Waals surface area contributed by atoms with Crippen LogP contribution in [-0.4, -0.2) is 16.7 Å². The predicted octanol–water partition coefficient (Wildman–Crippen LogP) is 3.03. The van der Waals surface area contributed by atoms with Crippen LogP contribution >= 0.6 is 11.6 Å². The van der Waals surface area contributed by atoms with Crippen LogP contribution in [0.2, 0.25) is 5.02 Å². The first-order chi connectivity index (χ1) is 10.9. The van der Waals surface area contributed by atoms with Gasteiger partial charge in [0.2, 0.25) is 0 Å². The van der Waals surface area contributed by atoms with Gasteiger partial charge in [-0.15, -0.1) is 0 Å². The minimum absolute atomic E-state index is 0.0156. The highest BCUT2D eigenvalue weighted by Gasteiger charge is 2.19. The van der Waals surface area contributed by atoms with E-state index in [1.807, 2.05) is 0 Å². The number of hydrogen-bond acceptors (Lipinski definition) is 5. The van der Waals surface area contributed by atoms with E-state index in [-0.39, 0.29) is 22.6 Å². The monoisotopic (exact) mass is 333 g/mol. The number of nitro groups is 1. The third-order valence-electron chi connectivity index (χ3n) is 3.09. The van der Waals surface area contributed by atoms with Crippen molar-refractivity contribution in [1.82, 2.24) is 0 Å². The first kappa shape index (κ1) is 16.4. The molecule has 2 N–H and O–H groups in total. The topological polar surface area (TPSA) is 108 Å². The molecular formula is C15H12ClN3O4. The number of nitro benzene ring substituents is 1. The molecule has 0 radical (unpaired) electrons. The summed E-state index contributed by atoms with van der Waals surface area (Å²) in [5.74, 6) is -0.846. The summed E-state index contributed by atoms with van der Waals surface area (Å²) in [6.45, 7) is 1.46. The number of oxime groups is 1. The molecule has 0 bridgehead atoms. The third-order valence-corrected chi connectivity index (χ3v) is 3.34. The Morgan fingerprint density at radius 3 is 2.52 bits per heavy atom. The SMILES string of the molecule is Cc1c(C(=O)O/N=C(\N)c2ccc(Cl)cc2)cccc1[N+](=O)[O-]. The number of rotatable bonds is 4. The van der Waals surface area contributed by atoms with Crippen LogP contribution in [0, 0.1) is 17.0 Å². The smallest absolute Gasteiger partial charge is 0.366 e. The highest BCUT2D eigenvalue weighted by Crippen LogP contribution is 2.21. The van der Waals surface area contributed by atoms with Gasteiger partial charge < -0.3 is 10.6 Å². The fourth-order valence-corrected chi connectivity index (χ4v) is 1.98. The van der Waals surface area contributed by atoms with E-state index in [9.17, 15) is 14.9 Å². The summed E-state index contributed by atoms with van der Waals surface area (Å²) in [4.78, 5) is 27.1. The number of carbonyl (C=O) groups excluding carboxylic acids is 1. The standard InChI is InChI=1S/C15H12ClN3O4/c1-9-12(3-2-4-13(9)19(21)22)15(20)23-18-14(17)10-5-7-11(16)8-6-10/h2-8H,1H3,(H2,17,18). The van der Waals surface area contributed by atoms with Crippen molar-refractivity contribution < 1.29 is 14.6 Å². The fourth-order valence-electron chi connectivity index (χ4n) is 1.86. The molecule has 2 aromatic carbocycles. The zero-order valence-electron chi connectivity index (χ0n) is 12.0. The molecule has 0 spiro atoms. The first-order valence-corrected chi connectivity index (χ1v) is 6.82. The van der Waals surface area contributed by atoms with Crippen molar-refractivity contribution in [2.45, 2.75) is 6.92 Å². The molecule has 0 unspecified atom stereocenters. The lowest BCUT2D eigenvalue weighted by atomic mass is 10.1. The Balaban J connectivity index is 2.19. The molecule has 0 heterocycles. The van der Waals surface area contributed by atoms with Gasteiger partial charge in [0, 0.05) is 22.2 Å². The molecule has 0 atom stereocenters. The molecule has 0 fully saturated rings. The summed E-state index contributed by atoms with van der Waals surface area (Å²) >= 11 is 5.76. The van der Waals surface area contributed by atoms with Gasteiger partial charge in [-0.05, 0) is 37.3 Å². The Hall–Kier alpha value is -2.93. The van der Waals surface area contributed by atoms with Gasteiger partial charge in [0.15, 0.2) is 5.84 Å². The second-order valence-corrected chi connectivity index (χ2v) is 5.01. The summed E-state index contributed by atoms with van der Waals surface area (Å²) in [5, 5.41) is 15.0. The van der Waals surface area contributed by atoms with Crippen molar-refractivity contribution in [3.63, 3.8) is 0 Å². The van der Waals surface area contributed by atoms with Gasteiger partial charge in [0.1, 0.15) is 0 Å². The van der Waals surface area contributed by atoms with Gasteiger partial charge in [-0.25, -0.2) is 4.79 Å². The molecule has 23 heavy (non-hydrogen) atoms. The lowest BCUT2D eigenvalue weighted by Gasteiger charge is -2.04. The zero-order chi connectivity index (χ0) is 17.0. The minimum Gasteiger partial charge on any atom is -0.380 e. The Labute approximate surface area is 136 Å². The van der Waals surface area contributed by atoms with Crippen LogP contribution in [0.4, 0.5) is 5.69 Å². The van der Waals surface area contributed by atoms with E-state index in [1.54, 1.807) is 24.3 Å². The maximum Gasteiger partial charge on any atom is 0.366 e. The summed E-state index contributed by atoms with van der Waals surface area (Å²) in [7, 11) is 0. The van der Waals surface area contributed by atoms with Gasteiger partial charge in [-0.1, -0.05) is 22.8 Å². The summed E-state index contributed by atoms with van der Waals surface area (Å²) in [6.07, 6.45) is 0. The van der Waals surface area contributed by atoms with Gasteiger partial charge in [0.25, 0.3) is 5.69 Å². The maximum atomic E-state index is 12.0. The second kappa shape index (κ2) is 6.89. The van der Waals surface area contributed by atoms with Crippen LogP contribution in [0.25, 0.3) is 0 Å². The van der Waals surface area contributed by atoms with Crippen molar-refractivity contribution in [2.24, 2.45) is 10.9 Å². The average molecular weight is 334 g/mol. The highest BCUT2D eigenvalue weighted by atomic mass is 35.5. The molecule has 0 aliphatic rings. The molecule has 118 valence electrons. The second-order valence-electron chi connectivity index (χ2n) is 4.57. The van der Waals surface area contributed by atoms with E-state index in [0.29, 0.717) is 10.6 Å². The predicted molar refractivity (Wildman–Crippen MR) is 85.4 cm³/mol. The molecule has 2 aromatic rings. The molecule has 0 amide bonds. The largest absolute Gasteiger partial charge is 0.380 e. The summed E-state index contributed by atoms with van der Waals surface area (Å²) in [6, 6.07) is 10.6. The number of nitrogens with two attached hydrogens (primary N) is 1. The van der Waals surface area contributed by atoms with Crippen molar-refractivity contribution >= 4 is 29.1 Å². The van der Waals surface area contributed by atoms with Crippen LogP contribution in [-0.2, 0) is 4.84 Å². The van der Waals surface area contributed by atoms with Crippen LogP contribution in [0.5, 0.6) is 0 Å². The van der Waals surface area contributed by atoms with E-state index >= 15 is 0 Å². The Morgan fingerprint density at radius 2 is 1.91 bits per heavy atom. The summed E-state index contributed by atoms with van der Waals surface area (Å²) < 4.78 is 0. The van der Waals surface area contributed by atoms with Crippen molar-refractivity contribution in [3.8, 4) is 0 Å². The Morgan fingerprint density at radius 1 is 1.26 bits per heavy atom. The zero-order valence-corrected chi connectivity index (χ0v) is 12.8. The van der Waals surface area contributed by atoms with E-state index in [2.05, 4.69) is 5.16 Å². The molecule has 7 nitrogen and oxygen atoms in total. The van der Waals surface area contributed by atoms with Crippen LogP contribution in [0.3, 0.4) is 0 Å². The normalized spacial score (nSPS) is 11.1. The highest BCUT2D eigenvalue weighted by molar-refractivity contribution is 6.30. The van der Waals surface area contributed by atoms with Crippen molar-refractivity contribution in [3.05, 3.63) is 74.3 Å². The molecule has 0 aliphatic carbocycles. The van der Waals surface area contributed by atoms with E-state index < -0.39 is 10.9 Å². The molecule has 0 saturated heterocycles. The average Bonchev–Trinajstić information content (AvgIpc) is 2.53. The Kier molecular flexibility index (Phi) is 4.92. The lowest BCUT2D eigenvalue weighted by molar-refractivity contribution is -0.385. The number of halogens is 1. The quantitative estimate of drug-likeness (QED) is 0.304. The van der Waals surface area contributed by atoms with Gasteiger partial charge in [-0.2, -0.15) is 0 Å². The number of carbonyl (C=O) groups is 1. The molecule has 2 rings (SSSR count). The van der Waals surface area contributed by atoms with E-state index in [1.165, 1.54) is 25.1 Å². The van der Waals surface area contributed by atoms with Crippen molar-refractivity contribution in [1.29, 1.82) is 0 Å². The fraction of sp³-hybridized carbons (Fsp3) is 0.0667. The molecule has 8 heteroatoms. The third kappa shape index (κ3) is 3.83. The molecule has 0 aliphatic heterocycles. The Bertz CT molecular complexity index is 788. The number of hydrogen-bond donors (Lipinski definition) is 1. The molecular weight excluding hydrogens is 322 g/mol. The minimum atomic E-state index is -0.830. The maximum absolute atomic E-state index is 12.0. The lowest BCUT2D eigenvalue weighted by Crippen LogP contribution is -2.15. The van der Waals surface area contributed by atoms with Gasteiger partial charge in [-0.3, -0.25) is 10.1 Å². The van der Waals surface area contributed by atoms with Gasteiger partial charge >= 0.3 is 5.97 Å². The number of benzene rings is 2. The summed E-state index contributed by atoms with van der Waals surface area (Å²) in [5.41, 5.74) is 6.31. The van der Waals surface area contributed by atoms with Crippen LogP contribution in [0.1, 0.15) is 21.5 Å². The van der Waals surface area contributed by atoms with Crippen molar-refractivity contribution in [2.75, 3.05) is 0 Å². The van der Waals surface area contributed by atoms with Crippen LogP contribution in [0.15, 0.2) is 47.6 Å². The van der Waals surface area contributed by atoms with Gasteiger partial charge in [0.05, 0.1) is 10.5 Å². The number of amidine groups is 1. The van der Waals surface area contributed by atoms with E-state index in [4.69, 9.17) is 22.2 Å². The van der Waals surface area contributed by atoms with Crippen LogP contribution < -0.4 is 5.73 Å². The van der Waals surface area contributed by atoms with E-state index in [0.717, 1.165) is 0 Å².